The summed E-state index contributed by atoms with van der Waals surface area (Å²) in [7, 11) is 2.13. The Kier molecular flexibility index (Phi) is 6.96. The van der Waals surface area contributed by atoms with Crippen LogP contribution < -0.4 is 10.2 Å². The molecule has 3 N–H and O–H groups in total. The summed E-state index contributed by atoms with van der Waals surface area (Å²) in [6.07, 6.45) is 4.20. The molecular formula is C23H32N8O. The van der Waals surface area contributed by atoms with Gasteiger partial charge in [-0.25, -0.2) is 4.98 Å². The van der Waals surface area contributed by atoms with E-state index in [1.165, 1.54) is 6.21 Å². The quantitative estimate of drug-likeness (QED) is 0.619. The number of ether oxygens (including phenoxy) is 1. The second-order valence-electron chi connectivity index (χ2n) is 8.45. The van der Waals surface area contributed by atoms with Crippen LogP contribution in [0.3, 0.4) is 0 Å². The SMILES string of the molecule is Cc1cccc(-c2nc(N3CCOCC3)nc(NC3CCN(C)C3)c2C=N)c(C)cn[nH]1. The zero-order chi connectivity index (χ0) is 22.5. The van der Waals surface area contributed by atoms with Gasteiger partial charge in [0.2, 0.25) is 5.95 Å². The van der Waals surface area contributed by atoms with Crippen molar-refractivity contribution in [3.05, 3.63) is 41.2 Å². The van der Waals surface area contributed by atoms with E-state index in [9.17, 15) is 0 Å². The standard InChI is InChI=1S/C23H32N8O/c1-16-14-25-29-17(2)5-4-6-19(16)21-20(13-24)22(26-18-7-8-30(3)15-18)28-23(27-21)31-9-11-32-12-10-31/h4-6,13-14,18,24,29H,7-12,15H2,1-3H3,(H,26,27,28). The van der Waals surface area contributed by atoms with Crippen LogP contribution >= 0.6 is 0 Å². The van der Waals surface area contributed by atoms with Crippen molar-refractivity contribution in [2.45, 2.75) is 26.3 Å². The minimum Gasteiger partial charge on any atom is -0.378 e. The van der Waals surface area contributed by atoms with Gasteiger partial charge in [0.1, 0.15) is 5.82 Å². The summed E-state index contributed by atoms with van der Waals surface area (Å²) in [6.45, 7) is 8.78. The molecule has 170 valence electrons. The van der Waals surface area contributed by atoms with Crippen LogP contribution in [0, 0.1) is 19.3 Å². The van der Waals surface area contributed by atoms with Crippen LogP contribution in [0.4, 0.5) is 11.8 Å². The second-order valence-corrected chi connectivity index (χ2v) is 8.45. The van der Waals surface area contributed by atoms with Crippen molar-refractivity contribution in [3.8, 4) is 11.3 Å². The molecule has 0 saturated carbocycles. The first-order chi connectivity index (χ1) is 15.5. The number of likely N-dealkylation sites (N-methyl/N-ethyl adjacent to an activating group) is 1. The van der Waals surface area contributed by atoms with Crippen molar-refractivity contribution in [2.24, 2.45) is 0 Å². The van der Waals surface area contributed by atoms with Gasteiger partial charge in [0.25, 0.3) is 0 Å². The Balaban J connectivity index is 1.86. The van der Waals surface area contributed by atoms with Gasteiger partial charge in [-0.1, -0.05) is 12.1 Å². The predicted molar refractivity (Wildman–Crippen MR) is 127 cm³/mol. The van der Waals surface area contributed by atoms with E-state index >= 15 is 0 Å². The van der Waals surface area contributed by atoms with Crippen LogP contribution in [-0.4, -0.2) is 83.8 Å². The lowest BCUT2D eigenvalue weighted by atomic mass is 10.0. The third kappa shape index (κ3) is 5.05. The molecule has 0 spiro atoms. The summed E-state index contributed by atoms with van der Waals surface area (Å²) in [5, 5.41) is 19.2. The van der Waals surface area contributed by atoms with Crippen LogP contribution in [0.15, 0.2) is 24.4 Å². The summed E-state index contributed by atoms with van der Waals surface area (Å²) < 4.78 is 5.53. The zero-order valence-electron chi connectivity index (χ0n) is 19.1. The number of aromatic amines is 1. The van der Waals surface area contributed by atoms with Crippen molar-refractivity contribution in [2.75, 3.05) is 56.7 Å². The van der Waals surface area contributed by atoms with Crippen molar-refractivity contribution < 1.29 is 4.74 Å². The highest BCUT2D eigenvalue weighted by Gasteiger charge is 2.24. The van der Waals surface area contributed by atoms with Gasteiger partial charge in [0.15, 0.2) is 0 Å². The molecule has 2 aromatic rings. The highest BCUT2D eigenvalue weighted by Crippen LogP contribution is 2.30. The van der Waals surface area contributed by atoms with Gasteiger partial charge in [-0.05, 0) is 45.5 Å². The van der Waals surface area contributed by atoms with Gasteiger partial charge < -0.3 is 25.3 Å². The maximum absolute atomic E-state index is 8.22. The molecule has 1 unspecified atom stereocenters. The Labute approximate surface area is 189 Å². The van der Waals surface area contributed by atoms with E-state index < -0.39 is 0 Å². The molecule has 2 aromatic heterocycles. The van der Waals surface area contributed by atoms with Crippen LogP contribution in [0.2, 0.25) is 0 Å². The van der Waals surface area contributed by atoms with Crippen molar-refractivity contribution in [1.29, 1.82) is 5.41 Å². The van der Waals surface area contributed by atoms with E-state index in [0.717, 1.165) is 55.1 Å². The maximum Gasteiger partial charge on any atom is 0.228 e. The number of hydrogen-bond acceptors (Lipinski definition) is 8. The molecule has 0 aromatic carbocycles. The average molecular weight is 437 g/mol. The molecule has 9 heteroatoms. The van der Waals surface area contributed by atoms with Crippen molar-refractivity contribution in [1.82, 2.24) is 25.1 Å². The molecule has 32 heavy (non-hydrogen) atoms. The van der Waals surface area contributed by atoms with E-state index in [0.29, 0.717) is 36.6 Å². The fourth-order valence-electron chi connectivity index (χ4n) is 4.08. The Morgan fingerprint density at radius 2 is 2.00 bits per heavy atom. The van der Waals surface area contributed by atoms with Crippen LogP contribution in [0.5, 0.6) is 0 Å². The van der Waals surface area contributed by atoms with Crippen LogP contribution in [-0.2, 0) is 4.74 Å². The highest BCUT2D eigenvalue weighted by molar-refractivity contribution is 5.94. The second kappa shape index (κ2) is 10.1. The molecule has 2 aliphatic heterocycles. The number of likely N-dealkylation sites (tertiary alicyclic amines) is 1. The van der Waals surface area contributed by atoms with Crippen molar-refractivity contribution in [3.63, 3.8) is 0 Å². The normalized spacial score (nSPS) is 19.0. The number of aromatic nitrogens is 4. The van der Waals surface area contributed by atoms with E-state index in [2.05, 4.69) is 32.4 Å². The number of nitrogens with one attached hydrogen (secondary N) is 3. The minimum absolute atomic E-state index is 0.293. The first-order valence-corrected chi connectivity index (χ1v) is 11.1. The summed E-state index contributed by atoms with van der Waals surface area (Å²) >= 11 is 0. The molecule has 2 aliphatic rings. The fourth-order valence-corrected chi connectivity index (χ4v) is 4.08. The molecule has 0 amide bonds. The highest BCUT2D eigenvalue weighted by atomic mass is 16.5. The van der Waals surface area contributed by atoms with Gasteiger partial charge >= 0.3 is 0 Å². The molecule has 2 fully saturated rings. The smallest absolute Gasteiger partial charge is 0.228 e. The van der Waals surface area contributed by atoms with Gasteiger partial charge in [0, 0.05) is 43.1 Å². The lowest BCUT2D eigenvalue weighted by molar-refractivity contribution is 0.122. The number of aryl methyl sites for hydroxylation is 2. The third-order valence-corrected chi connectivity index (χ3v) is 5.89. The Morgan fingerprint density at radius 3 is 2.72 bits per heavy atom. The van der Waals surface area contributed by atoms with Gasteiger partial charge in [0.05, 0.1) is 30.7 Å². The summed E-state index contributed by atoms with van der Waals surface area (Å²) in [4.78, 5) is 14.3. The summed E-state index contributed by atoms with van der Waals surface area (Å²) in [5.41, 5.74) is 4.25. The molecule has 1 atom stereocenters. The molecule has 0 bridgehead atoms. The van der Waals surface area contributed by atoms with Gasteiger partial charge in [-0.2, -0.15) is 10.1 Å². The molecule has 9 nitrogen and oxygen atoms in total. The van der Waals surface area contributed by atoms with E-state index in [4.69, 9.17) is 20.1 Å². The number of H-pyrrole nitrogens is 1. The summed E-state index contributed by atoms with van der Waals surface area (Å²) in [6, 6.07) is 6.28. The molecular weight excluding hydrogens is 404 g/mol. The number of rotatable bonds is 5. The lowest BCUT2D eigenvalue weighted by Gasteiger charge is -2.28. The van der Waals surface area contributed by atoms with E-state index in [1.54, 1.807) is 6.20 Å². The van der Waals surface area contributed by atoms with Gasteiger partial charge in [-0.15, -0.1) is 0 Å². The lowest BCUT2D eigenvalue weighted by Crippen LogP contribution is -2.37. The van der Waals surface area contributed by atoms with Crippen molar-refractivity contribution >= 4 is 18.0 Å². The van der Waals surface area contributed by atoms with Gasteiger partial charge in [-0.3, -0.25) is 5.10 Å². The number of morpholine rings is 1. The topological polar surface area (TPSA) is 106 Å². The van der Waals surface area contributed by atoms with Crippen LogP contribution in [0.25, 0.3) is 11.3 Å². The van der Waals surface area contributed by atoms with Crippen LogP contribution in [0.1, 0.15) is 23.2 Å². The van der Waals surface area contributed by atoms with E-state index in [1.807, 2.05) is 32.0 Å². The van der Waals surface area contributed by atoms with E-state index in [-0.39, 0.29) is 0 Å². The fraction of sp³-hybridized carbons (Fsp3) is 0.478. The molecule has 4 heterocycles. The Morgan fingerprint density at radius 1 is 1.19 bits per heavy atom. The third-order valence-electron chi connectivity index (χ3n) is 5.89. The first-order valence-electron chi connectivity index (χ1n) is 11.1. The monoisotopic (exact) mass is 436 g/mol. The summed E-state index contributed by atoms with van der Waals surface area (Å²) in [5.74, 6) is 1.38. The Bertz CT molecular complexity index is 1010. The number of hydrogen-bond donors (Lipinski definition) is 3. The minimum atomic E-state index is 0.293. The number of nitrogens with zero attached hydrogens (tertiary/aromatic N) is 5. The molecule has 4 rings (SSSR count). The average Bonchev–Trinajstić information content (AvgIpc) is 3.23. The Hall–Kier alpha value is -3.04. The molecule has 2 saturated heterocycles. The largest absolute Gasteiger partial charge is 0.378 e. The number of anilines is 2. The molecule has 0 radical (unpaired) electrons. The maximum atomic E-state index is 8.22. The zero-order valence-corrected chi connectivity index (χ0v) is 19.1. The predicted octanol–water partition coefficient (Wildman–Crippen LogP) is 2.56. The first kappa shape index (κ1) is 22.2. The molecule has 0 aliphatic carbocycles.